The number of nitro groups is 1. The maximum absolute atomic E-state index is 12.0. The van der Waals surface area contributed by atoms with Gasteiger partial charge in [-0.25, -0.2) is 0 Å². The molecule has 2 aromatic carbocycles. The van der Waals surface area contributed by atoms with Crippen LogP contribution in [0.1, 0.15) is 30.9 Å². The maximum Gasteiger partial charge on any atom is 0.270 e. The van der Waals surface area contributed by atoms with Crippen LogP contribution in [0.2, 0.25) is 0 Å². The number of hydrogen-bond donors (Lipinski definition) is 2. The van der Waals surface area contributed by atoms with Crippen molar-refractivity contribution in [2.24, 2.45) is 0 Å². The summed E-state index contributed by atoms with van der Waals surface area (Å²) in [5.41, 5.74) is 2.46. The van der Waals surface area contributed by atoms with E-state index < -0.39 is 10.8 Å². The quantitative estimate of drug-likeness (QED) is 0.356. The lowest BCUT2D eigenvalue weighted by Crippen LogP contribution is -2.33. The number of rotatable bonds is 5. The Balaban J connectivity index is 1.98. The van der Waals surface area contributed by atoms with E-state index in [-0.39, 0.29) is 10.8 Å². The number of carbonyl (C=O) groups is 1. The lowest BCUT2D eigenvalue weighted by atomic mass is 10.0. The predicted molar refractivity (Wildman–Crippen MR) is 107 cm³/mol. The number of nitrogens with one attached hydrogen (secondary N) is 2. The van der Waals surface area contributed by atoms with Gasteiger partial charge in [0, 0.05) is 23.9 Å². The minimum absolute atomic E-state index is 0.0324. The topological polar surface area (TPSA) is 84.3 Å². The average molecular weight is 369 g/mol. The summed E-state index contributed by atoms with van der Waals surface area (Å²) in [6, 6.07) is 13.7. The molecule has 0 atom stereocenters. The highest BCUT2D eigenvalue weighted by atomic mass is 32.1. The number of nitro benzene ring substituents is 1. The van der Waals surface area contributed by atoms with E-state index in [0.717, 1.165) is 11.3 Å². The van der Waals surface area contributed by atoms with Gasteiger partial charge in [-0.2, -0.15) is 0 Å². The van der Waals surface area contributed by atoms with E-state index in [1.54, 1.807) is 12.1 Å². The third kappa shape index (κ3) is 5.49. The Morgan fingerprint density at radius 1 is 1.19 bits per heavy atom. The summed E-state index contributed by atoms with van der Waals surface area (Å²) in [5, 5.41) is 16.5. The monoisotopic (exact) mass is 369 g/mol. The molecular weight excluding hydrogens is 350 g/mol. The number of carbonyl (C=O) groups excluding carboxylic acids is 1. The Hall–Kier alpha value is -3.06. The van der Waals surface area contributed by atoms with Gasteiger partial charge in [-0.3, -0.25) is 20.2 Å². The van der Waals surface area contributed by atoms with Crippen molar-refractivity contribution in [3.05, 3.63) is 75.8 Å². The molecule has 0 saturated heterocycles. The highest BCUT2D eigenvalue weighted by Gasteiger charge is 2.08. The van der Waals surface area contributed by atoms with Crippen molar-refractivity contribution < 1.29 is 9.72 Å². The summed E-state index contributed by atoms with van der Waals surface area (Å²) in [4.78, 5) is 22.3. The summed E-state index contributed by atoms with van der Waals surface area (Å²) in [5.74, 6) is -0.109. The van der Waals surface area contributed by atoms with E-state index in [4.69, 9.17) is 12.2 Å². The second kappa shape index (κ2) is 8.87. The first-order valence-corrected chi connectivity index (χ1v) is 8.41. The first-order valence-electron chi connectivity index (χ1n) is 8.00. The normalized spacial score (nSPS) is 10.7. The van der Waals surface area contributed by atoms with Gasteiger partial charge in [-0.1, -0.05) is 44.2 Å². The van der Waals surface area contributed by atoms with Crippen molar-refractivity contribution in [1.29, 1.82) is 0 Å². The first kappa shape index (κ1) is 19.3. The van der Waals surface area contributed by atoms with Crippen molar-refractivity contribution >= 4 is 40.7 Å². The minimum Gasteiger partial charge on any atom is -0.332 e. The van der Waals surface area contributed by atoms with E-state index in [2.05, 4.69) is 24.5 Å². The van der Waals surface area contributed by atoms with Gasteiger partial charge >= 0.3 is 0 Å². The molecule has 7 heteroatoms. The number of amides is 1. The molecule has 1 amide bonds. The fourth-order valence-corrected chi connectivity index (χ4v) is 2.55. The summed E-state index contributed by atoms with van der Waals surface area (Å²) in [7, 11) is 0. The van der Waals surface area contributed by atoms with Crippen LogP contribution in [0.25, 0.3) is 6.08 Å². The fraction of sp³-hybridized carbons (Fsp3) is 0.158. The highest BCUT2D eigenvalue weighted by molar-refractivity contribution is 7.80. The number of para-hydroxylation sites is 1. The lowest BCUT2D eigenvalue weighted by Gasteiger charge is -2.15. The Kier molecular flexibility index (Phi) is 6.57. The van der Waals surface area contributed by atoms with E-state index in [1.807, 2.05) is 24.3 Å². The standard InChI is InChI=1S/C19H19N3O3S/c1-13(2)16-8-3-4-9-17(16)20-19(26)21-18(23)11-10-14-6-5-7-15(12-14)22(24)25/h3-13H,1-2H3,(H2,20,21,23,26)/b11-10+. The number of benzene rings is 2. The molecule has 0 bridgehead atoms. The van der Waals surface area contributed by atoms with Gasteiger partial charge < -0.3 is 5.32 Å². The molecule has 0 aliphatic heterocycles. The van der Waals surface area contributed by atoms with Gasteiger partial charge in [0.05, 0.1) is 4.92 Å². The Labute approximate surface area is 157 Å². The molecule has 0 aliphatic rings. The van der Waals surface area contributed by atoms with Gasteiger partial charge in [0.15, 0.2) is 5.11 Å². The summed E-state index contributed by atoms with van der Waals surface area (Å²) < 4.78 is 0. The van der Waals surface area contributed by atoms with Crippen molar-refractivity contribution in [3.63, 3.8) is 0 Å². The van der Waals surface area contributed by atoms with Gasteiger partial charge in [-0.05, 0) is 41.4 Å². The lowest BCUT2D eigenvalue weighted by molar-refractivity contribution is -0.384. The third-order valence-corrected chi connectivity index (χ3v) is 3.78. The zero-order valence-electron chi connectivity index (χ0n) is 14.4. The van der Waals surface area contributed by atoms with Crippen molar-refractivity contribution in [2.75, 3.05) is 5.32 Å². The molecule has 0 aliphatic carbocycles. The van der Waals surface area contributed by atoms with Crippen LogP contribution in [0.5, 0.6) is 0 Å². The van der Waals surface area contributed by atoms with E-state index in [1.165, 1.54) is 24.3 Å². The fourth-order valence-electron chi connectivity index (χ4n) is 2.34. The number of thiocarbonyl (C=S) groups is 1. The highest BCUT2D eigenvalue weighted by Crippen LogP contribution is 2.23. The largest absolute Gasteiger partial charge is 0.332 e. The van der Waals surface area contributed by atoms with Crippen LogP contribution in [0.3, 0.4) is 0 Å². The minimum atomic E-state index is -0.484. The maximum atomic E-state index is 12.0. The molecule has 0 saturated carbocycles. The van der Waals surface area contributed by atoms with E-state index in [0.29, 0.717) is 11.5 Å². The predicted octanol–water partition coefficient (Wildman–Crippen LogP) is 4.24. The Morgan fingerprint density at radius 2 is 1.92 bits per heavy atom. The van der Waals surface area contributed by atoms with Crippen LogP contribution in [-0.4, -0.2) is 15.9 Å². The molecule has 0 heterocycles. The van der Waals surface area contributed by atoms with Gasteiger partial charge in [0.2, 0.25) is 5.91 Å². The second-order valence-electron chi connectivity index (χ2n) is 5.87. The molecular formula is C19H19N3O3S. The van der Waals surface area contributed by atoms with Crippen LogP contribution < -0.4 is 10.6 Å². The SMILES string of the molecule is CC(C)c1ccccc1NC(=S)NC(=O)/C=C/c1cccc([N+](=O)[O-])c1. The molecule has 2 N–H and O–H groups in total. The van der Waals surface area contributed by atoms with Crippen LogP contribution in [0.4, 0.5) is 11.4 Å². The number of anilines is 1. The molecule has 0 spiro atoms. The van der Waals surface area contributed by atoms with Gasteiger partial charge in [0.1, 0.15) is 0 Å². The van der Waals surface area contributed by atoms with E-state index in [9.17, 15) is 14.9 Å². The van der Waals surface area contributed by atoms with Crippen LogP contribution in [-0.2, 0) is 4.79 Å². The first-order chi connectivity index (χ1) is 12.4. The van der Waals surface area contributed by atoms with Gasteiger partial charge in [0.25, 0.3) is 5.69 Å². The average Bonchev–Trinajstić information content (AvgIpc) is 2.60. The summed E-state index contributed by atoms with van der Waals surface area (Å²) in [6.07, 6.45) is 2.77. The number of hydrogen-bond acceptors (Lipinski definition) is 4. The Morgan fingerprint density at radius 3 is 2.62 bits per heavy atom. The van der Waals surface area contributed by atoms with Crippen LogP contribution in [0, 0.1) is 10.1 Å². The molecule has 0 radical (unpaired) electrons. The zero-order valence-corrected chi connectivity index (χ0v) is 15.2. The molecule has 2 rings (SSSR count). The number of nitrogens with zero attached hydrogens (tertiary/aromatic N) is 1. The van der Waals surface area contributed by atoms with Gasteiger partial charge in [-0.15, -0.1) is 0 Å². The molecule has 0 unspecified atom stereocenters. The number of non-ortho nitro benzene ring substituents is 1. The van der Waals surface area contributed by atoms with Crippen LogP contribution in [0.15, 0.2) is 54.6 Å². The van der Waals surface area contributed by atoms with Crippen molar-refractivity contribution in [3.8, 4) is 0 Å². The van der Waals surface area contributed by atoms with Crippen molar-refractivity contribution in [2.45, 2.75) is 19.8 Å². The molecule has 0 fully saturated rings. The smallest absolute Gasteiger partial charge is 0.270 e. The second-order valence-corrected chi connectivity index (χ2v) is 6.28. The van der Waals surface area contributed by atoms with Crippen molar-refractivity contribution in [1.82, 2.24) is 5.32 Å². The zero-order chi connectivity index (χ0) is 19.1. The third-order valence-electron chi connectivity index (χ3n) is 3.58. The molecule has 26 heavy (non-hydrogen) atoms. The molecule has 6 nitrogen and oxygen atoms in total. The molecule has 134 valence electrons. The summed E-state index contributed by atoms with van der Waals surface area (Å²) in [6.45, 7) is 4.15. The molecule has 2 aromatic rings. The molecule has 0 aromatic heterocycles. The Bertz CT molecular complexity index is 863. The van der Waals surface area contributed by atoms with E-state index >= 15 is 0 Å². The van der Waals surface area contributed by atoms with Crippen LogP contribution >= 0.6 is 12.2 Å². The summed E-state index contributed by atoms with van der Waals surface area (Å²) >= 11 is 5.18.